The average molecular weight is 380 g/mol. The SMILES string of the molecule is [CH2][C@H](C(=O)OC)C(=O)OC(C)(C)C.[I-].[Zn]. The maximum Gasteiger partial charge on any atom is 0.320 e. The zero-order valence-electron chi connectivity index (χ0n) is 9.50. The summed E-state index contributed by atoms with van der Waals surface area (Å²) in [5, 5.41) is 0. The van der Waals surface area contributed by atoms with Gasteiger partial charge in [0.25, 0.3) is 0 Å². The van der Waals surface area contributed by atoms with Crippen LogP contribution in [0.1, 0.15) is 20.8 Å². The number of carbonyl (C=O) groups excluding carboxylic acids is 2. The van der Waals surface area contributed by atoms with E-state index < -0.39 is 23.5 Å². The molecule has 0 fully saturated rings. The van der Waals surface area contributed by atoms with E-state index in [1.807, 2.05) is 0 Å². The van der Waals surface area contributed by atoms with Gasteiger partial charge in [0.1, 0.15) is 5.60 Å². The molecule has 0 saturated carbocycles. The third-order valence-corrected chi connectivity index (χ3v) is 1.18. The van der Waals surface area contributed by atoms with E-state index in [1.165, 1.54) is 7.11 Å². The Balaban J connectivity index is -0.000000720. The van der Waals surface area contributed by atoms with Crippen molar-refractivity contribution in [3.8, 4) is 0 Å². The van der Waals surface area contributed by atoms with Gasteiger partial charge in [0.05, 0.1) is 7.11 Å². The maximum absolute atomic E-state index is 11.2. The van der Waals surface area contributed by atoms with Crippen LogP contribution in [-0.4, -0.2) is 24.6 Å². The summed E-state index contributed by atoms with van der Waals surface area (Å²) in [5.41, 5.74) is -0.610. The summed E-state index contributed by atoms with van der Waals surface area (Å²) in [6.07, 6.45) is 0. The number of carbonyl (C=O) groups is 2. The van der Waals surface area contributed by atoms with Crippen LogP contribution in [0.4, 0.5) is 0 Å². The summed E-state index contributed by atoms with van der Waals surface area (Å²) in [7, 11) is 1.20. The van der Waals surface area contributed by atoms with Gasteiger partial charge in [-0.25, -0.2) is 0 Å². The number of hydrogen-bond donors (Lipinski definition) is 0. The molecular weight excluding hydrogens is 364 g/mol. The van der Waals surface area contributed by atoms with Crippen molar-refractivity contribution in [2.24, 2.45) is 5.92 Å². The molecule has 0 bridgehead atoms. The predicted octanol–water partition coefficient (Wildman–Crippen LogP) is -2.05. The smallest absolute Gasteiger partial charge is 0.320 e. The van der Waals surface area contributed by atoms with Crippen LogP contribution in [0.15, 0.2) is 0 Å². The van der Waals surface area contributed by atoms with E-state index in [0.717, 1.165) is 0 Å². The molecule has 0 amide bonds. The molecule has 1 radical (unpaired) electrons. The van der Waals surface area contributed by atoms with Gasteiger partial charge in [-0.3, -0.25) is 9.59 Å². The predicted molar refractivity (Wildman–Crippen MR) is 46.7 cm³/mol. The minimum absolute atomic E-state index is 0. The molecule has 0 aliphatic rings. The van der Waals surface area contributed by atoms with Crippen molar-refractivity contribution in [1.29, 1.82) is 0 Å². The number of ether oxygens (including phenoxy) is 2. The monoisotopic (exact) mass is 378 g/mol. The molecule has 0 unspecified atom stereocenters. The molecule has 0 aromatic rings. The van der Waals surface area contributed by atoms with Crippen molar-refractivity contribution in [1.82, 2.24) is 0 Å². The van der Waals surface area contributed by atoms with Crippen molar-refractivity contribution in [3.05, 3.63) is 6.92 Å². The Morgan fingerprint density at radius 3 is 1.87 bits per heavy atom. The molecule has 0 aromatic carbocycles. The van der Waals surface area contributed by atoms with Crippen LogP contribution in [0, 0.1) is 12.8 Å². The van der Waals surface area contributed by atoms with E-state index in [4.69, 9.17) is 4.74 Å². The van der Waals surface area contributed by atoms with E-state index in [-0.39, 0.29) is 43.5 Å². The van der Waals surface area contributed by atoms with Gasteiger partial charge in [-0.05, 0) is 27.7 Å². The first-order valence-electron chi connectivity index (χ1n) is 3.91. The molecule has 0 N–H and O–H groups in total. The van der Waals surface area contributed by atoms with Crippen LogP contribution in [-0.2, 0) is 38.5 Å². The van der Waals surface area contributed by atoms with E-state index in [1.54, 1.807) is 20.8 Å². The first kappa shape index (κ1) is 20.7. The molecule has 85 valence electrons. The number of methoxy groups -OCH3 is 1. The molecule has 0 heterocycles. The molecule has 0 rings (SSSR count). The van der Waals surface area contributed by atoms with Crippen LogP contribution in [0.3, 0.4) is 0 Å². The minimum atomic E-state index is -1.11. The molecule has 0 spiro atoms. The van der Waals surface area contributed by atoms with Crippen LogP contribution < -0.4 is 24.0 Å². The molecule has 1 atom stereocenters. The van der Waals surface area contributed by atoms with E-state index >= 15 is 0 Å². The Labute approximate surface area is 120 Å². The zero-order valence-corrected chi connectivity index (χ0v) is 14.6. The summed E-state index contributed by atoms with van der Waals surface area (Å²) in [5.74, 6) is -2.46. The average Bonchev–Trinajstić information content (AvgIpc) is 1.98. The second-order valence-corrected chi connectivity index (χ2v) is 3.61. The van der Waals surface area contributed by atoms with E-state index in [9.17, 15) is 9.59 Å². The van der Waals surface area contributed by atoms with Crippen molar-refractivity contribution >= 4 is 11.9 Å². The molecule has 0 aliphatic heterocycles. The first-order valence-corrected chi connectivity index (χ1v) is 3.91. The van der Waals surface area contributed by atoms with Crippen LogP contribution in [0.25, 0.3) is 0 Å². The Morgan fingerprint density at radius 1 is 1.20 bits per heavy atom. The summed E-state index contributed by atoms with van der Waals surface area (Å²) in [4.78, 5) is 22.0. The van der Waals surface area contributed by atoms with Crippen molar-refractivity contribution < 1.29 is 62.5 Å². The summed E-state index contributed by atoms with van der Waals surface area (Å²) in [6, 6.07) is 0. The molecule has 15 heavy (non-hydrogen) atoms. The van der Waals surface area contributed by atoms with Gasteiger partial charge >= 0.3 is 11.9 Å². The fourth-order valence-electron chi connectivity index (χ4n) is 0.611. The second-order valence-electron chi connectivity index (χ2n) is 3.61. The topological polar surface area (TPSA) is 52.6 Å². The third kappa shape index (κ3) is 9.24. The number of esters is 2. The van der Waals surface area contributed by atoms with Gasteiger partial charge in [-0.1, -0.05) is 0 Å². The first-order chi connectivity index (χ1) is 5.78. The fraction of sp³-hybridized carbons (Fsp3) is 0.667. The van der Waals surface area contributed by atoms with Crippen LogP contribution in [0.5, 0.6) is 0 Å². The summed E-state index contributed by atoms with van der Waals surface area (Å²) in [6.45, 7) is 8.50. The number of rotatable bonds is 2. The Bertz CT molecular complexity index is 213. The number of hydrogen-bond acceptors (Lipinski definition) is 4. The van der Waals surface area contributed by atoms with Gasteiger partial charge in [0.15, 0.2) is 5.92 Å². The van der Waals surface area contributed by atoms with E-state index in [2.05, 4.69) is 11.7 Å². The molecular formula is C9H15IO4Zn-. The van der Waals surface area contributed by atoms with Crippen LogP contribution in [0.2, 0.25) is 0 Å². The van der Waals surface area contributed by atoms with Crippen molar-refractivity contribution in [3.63, 3.8) is 0 Å². The second kappa shape index (κ2) is 8.45. The molecule has 4 nitrogen and oxygen atoms in total. The number of halogens is 1. The molecule has 0 saturated heterocycles. The van der Waals surface area contributed by atoms with Gasteiger partial charge in [-0.15, -0.1) is 0 Å². The van der Waals surface area contributed by atoms with E-state index in [0.29, 0.717) is 0 Å². The van der Waals surface area contributed by atoms with Gasteiger partial charge in [0, 0.05) is 19.5 Å². The summed E-state index contributed by atoms with van der Waals surface area (Å²) >= 11 is 0. The Hall–Kier alpha value is 0.293. The van der Waals surface area contributed by atoms with Crippen LogP contribution >= 0.6 is 0 Å². The Kier molecular flexibility index (Phi) is 11.6. The molecule has 6 heteroatoms. The third-order valence-electron chi connectivity index (χ3n) is 1.18. The fourth-order valence-corrected chi connectivity index (χ4v) is 0.611. The van der Waals surface area contributed by atoms with Gasteiger partial charge in [-0.2, -0.15) is 0 Å². The maximum atomic E-state index is 11.2. The quantitative estimate of drug-likeness (QED) is 0.240. The largest absolute Gasteiger partial charge is 1.00 e. The van der Waals surface area contributed by atoms with Gasteiger partial charge in [0.2, 0.25) is 0 Å². The zero-order chi connectivity index (χ0) is 10.6. The van der Waals surface area contributed by atoms with Crippen molar-refractivity contribution in [2.75, 3.05) is 7.11 Å². The minimum Gasteiger partial charge on any atom is -1.00 e. The normalized spacial score (nSPS) is 11.5. The summed E-state index contributed by atoms with van der Waals surface area (Å²) < 4.78 is 9.27. The standard InChI is InChI=1S/C9H15O4.HI.Zn/c1-6(7(10)12-5)8(11)13-9(2,3)4;;/h6H,1H2,2-5H3;1H;/p-1/t6-;;/m1../s1. The Morgan fingerprint density at radius 2 is 1.60 bits per heavy atom. The molecule has 0 aromatic heterocycles. The van der Waals surface area contributed by atoms with Crippen molar-refractivity contribution in [2.45, 2.75) is 26.4 Å². The molecule has 0 aliphatic carbocycles. The van der Waals surface area contributed by atoms with Gasteiger partial charge < -0.3 is 33.5 Å².